The summed E-state index contributed by atoms with van der Waals surface area (Å²) in [4.78, 5) is 32.8. The van der Waals surface area contributed by atoms with Crippen molar-refractivity contribution in [3.8, 4) is 11.4 Å². The largest absolute Gasteiger partial charge is 0.494 e. The van der Waals surface area contributed by atoms with Gasteiger partial charge < -0.3 is 9.72 Å². The van der Waals surface area contributed by atoms with E-state index in [2.05, 4.69) is 9.55 Å². The minimum Gasteiger partial charge on any atom is -0.494 e. The lowest BCUT2D eigenvalue weighted by molar-refractivity contribution is 0.101. The minimum atomic E-state index is -0.0617. The second kappa shape index (κ2) is 9.04. The lowest BCUT2D eigenvalue weighted by atomic mass is 10.1. The molecule has 2 aromatic carbocycles. The highest BCUT2D eigenvalue weighted by molar-refractivity contribution is 7.99. The van der Waals surface area contributed by atoms with Crippen LogP contribution in [0.1, 0.15) is 46.0 Å². The van der Waals surface area contributed by atoms with Crippen LogP contribution in [-0.2, 0) is 0 Å². The summed E-state index contributed by atoms with van der Waals surface area (Å²) in [7, 11) is 0. The third-order valence-electron chi connectivity index (χ3n) is 5.34. The fourth-order valence-corrected chi connectivity index (χ4v) is 4.87. The summed E-state index contributed by atoms with van der Waals surface area (Å²) in [6.07, 6.45) is 0. The van der Waals surface area contributed by atoms with E-state index in [0.29, 0.717) is 23.4 Å². The molecule has 0 saturated heterocycles. The van der Waals surface area contributed by atoms with E-state index in [9.17, 15) is 9.59 Å². The molecule has 0 bridgehead atoms. The number of carbonyl (C=O) groups is 2. The summed E-state index contributed by atoms with van der Waals surface area (Å²) in [6.45, 7) is 7.72. The summed E-state index contributed by atoms with van der Waals surface area (Å²) in [5, 5.41) is 0.733. The number of para-hydroxylation sites is 2. The smallest absolute Gasteiger partial charge is 0.189 e. The van der Waals surface area contributed by atoms with E-state index in [1.165, 1.54) is 18.7 Å². The van der Waals surface area contributed by atoms with Crippen molar-refractivity contribution in [3.05, 3.63) is 71.0 Å². The van der Waals surface area contributed by atoms with Gasteiger partial charge in [0.1, 0.15) is 5.75 Å². The number of nitrogens with zero attached hydrogens (tertiary/aromatic N) is 2. The number of nitrogens with one attached hydrogen (secondary N) is 1. The quantitative estimate of drug-likeness (QED) is 0.283. The van der Waals surface area contributed by atoms with Crippen molar-refractivity contribution in [2.75, 3.05) is 12.4 Å². The molecule has 32 heavy (non-hydrogen) atoms. The predicted octanol–water partition coefficient (Wildman–Crippen LogP) is 5.55. The molecule has 0 aliphatic heterocycles. The Kier molecular flexibility index (Phi) is 6.19. The SMILES string of the molecule is CCOc1ccc(-n2c(SCC(=O)c3[nH]c(C)c(C(C)=O)c3C)nc3ccccc32)cc1. The molecular weight excluding hydrogens is 422 g/mol. The predicted molar refractivity (Wildman–Crippen MR) is 128 cm³/mol. The number of ether oxygens (including phenoxy) is 1. The zero-order valence-electron chi connectivity index (χ0n) is 18.6. The number of aryl methyl sites for hydroxylation is 1. The molecule has 0 aliphatic rings. The molecule has 0 amide bonds. The Morgan fingerprint density at radius 1 is 1.09 bits per heavy atom. The third kappa shape index (κ3) is 4.08. The molecule has 7 heteroatoms. The normalized spacial score (nSPS) is 11.1. The number of ketones is 2. The Hall–Kier alpha value is -3.32. The van der Waals surface area contributed by atoms with E-state index in [1.807, 2.05) is 69.3 Å². The van der Waals surface area contributed by atoms with E-state index in [-0.39, 0.29) is 17.3 Å². The topological polar surface area (TPSA) is 77.0 Å². The fourth-order valence-electron chi connectivity index (χ4n) is 3.97. The fraction of sp³-hybridized carbons (Fsp3) is 0.240. The molecule has 164 valence electrons. The number of fused-ring (bicyclic) bond motifs is 1. The van der Waals surface area contributed by atoms with Gasteiger partial charge >= 0.3 is 0 Å². The van der Waals surface area contributed by atoms with Crippen molar-refractivity contribution in [2.24, 2.45) is 0 Å². The number of hydrogen-bond acceptors (Lipinski definition) is 5. The molecule has 0 spiro atoms. The average Bonchev–Trinajstić information content (AvgIpc) is 3.29. The van der Waals surface area contributed by atoms with E-state index < -0.39 is 0 Å². The average molecular weight is 448 g/mol. The van der Waals surface area contributed by atoms with Gasteiger partial charge in [0, 0.05) is 16.9 Å². The van der Waals surface area contributed by atoms with Gasteiger partial charge in [-0.3, -0.25) is 14.2 Å². The first-order chi connectivity index (χ1) is 15.4. The second-order valence-corrected chi connectivity index (χ2v) is 8.48. The van der Waals surface area contributed by atoms with Crippen LogP contribution in [0.15, 0.2) is 53.7 Å². The van der Waals surface area contributed by atoms with Crippen LogP contribution in [-0.4, -0.2) is 38.5 Å². The molecule has 0 atom stereocenters. The number of carbonyl (C=O) groups excluding carboxylic acids is 2. The number of Topliss-reactive ketones (excluding diaryl/α,β-unsaturated/α-hetero) is 2. The molecular formula is C25H25N3O3S. The number of hydrogen-bond donors (Lipinski definition) is 1. The monoisotopic (exact) mass is 447 g/mol. The van der Waals surface area contributed by atoms with Gasteiger partial charge in [0.2, 0.25) is 0 Å². The highest BCUT2D eigenvalue weighted by Crippen LogP contribution is 2.30. The van der Waals surface area contributed by atoms with Gasteiger partial charge in [-0.2, -0.15) is 0 Å². The van der Waals surface area contributed by atoms with Crippen LogP contribution < -0.4 is 4.74 Å². The van der Waals surface area contributed by atoms with Crippen molar-refractivity contribution in [1.29, 1.82) is 0 Å². The maximum atomic E-state index is 13.0. The summed E-state index contributed by atoms with van der Waals surface area (Å²) in [6, 6.07) is 15.7. The Bertz CT molecular complexity index is 1300. The number of H-pyrrole nitrogens is 1. The van der Waals surface area contributed by atoms with Gasteiger partial charge in [0.05, 0.1) is 29.1 Å². The van der Waals surface area contributed by atoms with E-state index >= 15 is 0 Å². The lowest BCUT2D eigenvalue weighted by Gasteiger charge is -2.10. The van der Waals surface area contributed by atoms with Crippen LogP contribution >= 0.6 is 11.8 Å². The molecule has 0 saturated carbocycles. The minimum absolute atomic E-state index is 0.0414. The van der Waals surface area contributed by atoms with Gasteiger partial charge in [-0.1, -0.05) is 23.9 Å². The number of imidazole rings is 1. The van der Waals surface area contributed by atoms with E-state index in [1.54, 1.807) is 0 Å². The molecule has 1 N–H and O–H groups in total. The van der Waals surface area contributed by atoms with Crippen molar-refractivity contribution >= 4 is 34.4 Å². The van der Waals surface area contributed by atoms with Crippen LogP contribution in [0, 0.1) is 13.8 Å². The highest BCUT2D eigenvalue weighted by Gasteiger charge is 2.21. The summed E-state index contributed by atoms with van der Waals surface area (Å²) >= 11 is 1.38. The first-order valence-corrected chi connectivity index (χ1v) is 11.5. The van der Waals surface area contributed by atoms with Gasteiger partial charge in [0.15, 0.2) is 16.7 Å². The molecule has 0 fully saturated rings. The molecule has 0 aliphatic carbocycles. The van der Waals surface area contributed by atoms with Crippen LogP contribution in [0.4, 0.5) is 0 Å². The Morgan fingerprint density at radius 3 is 2.47 bits per heavy atom. The number of aromatic nitrogens is 3. The van der Waals surface area contributed by atoms with Crippen molar-refractivity contribution in [3.63, 3.8) is 0 Å². The standard InChI is InChI=1S/C25H25N3O3S/c1-5-31-19-12-10-18(11-13-19)28-21-9-7-6-8-20(21)27-25(28)32-14-22(30)24-15(2)23(17(4)29)16(3)26-24/h6-13,26H,5,14H2,1-4H3. The van der Waals surface area contributed by atoms with Crippen molar-refractivity contribution < 1.29 is 14.3 Å². The second-order valence-electron chi connectivity index (χ2n) is 7.54. The van der Waals surface area contributed by atoms with Gasteiger partial charge in [-0.25, -0.2) is 4.98 Å². The Balaban J connectivity index is 1.65. The van der Waals surface area contributed by atoms with E-state index in [0.717, 1.165) is 33.3 Å². The van der Waals surface area contributed by atoms with Gasteiger partial charge in [-0.05, 0) is 69.7 Å². The number of benzene rings is 2. The van der Waals surface area contributed by atoms with Crippen molar-refractivity contribution in [1.82, 2.24) is 14.5 Å². The van der Waals surface area contributed by atoms with Crippen molar-refractivity contribution in [2.45, 2.75) is 32.9 Å². The number of rotatable bonds is 8. The summed E-state index contributed by atoms with van der Waals surface area (Å²) < 4.78 is 7.61. The molecule has 4 aromatic rings. The highest BCUT2D eigenvalue weighted by atomic mass is 32.2. The molecule has 0 radical (unpaired) electrons. The van der Waals surface area contributed by atoms with Gasteiger partial charge in [0.25, 0.3) is 0 Å². The Labute approximate surface area is 191 Å². The number of aromatic amines is 1. The maximum absolute atomic E-state index is 13.0. The summed E-state index contributed by atoms with van der Waals surface area (Å²) in [5.41, 5.74) is 5.30. The zero-order valence-corrected chi connectivity index (χ0v) is 19.4. The molecule has 4 rings (SSSR count). The molecule has 2 aromatic heterocycles. The van der Waals surface area contributed by atoms with Crippen LogP contribution in [0.3, 0.4) is 0 Å². The third-order valence-corrected chi connectivity index (χ3v) is 6.28. The first-order valence-electron chi connectivity index (χ1n) is 10.5. The van der Waals surface area contributed by atoms with Crippen LogP contribution in [0.2, 0.25) is 0 Å². The number of thioether (sulfide) groups is 1. The van der Waals surface area contributed by atoms with E-state index in [4.69, 9.17) is 9.72 Å². The molecule has 2 heterocycles. The van der Waals surface area contributed by atoms with Crippen LogP contribution in [0.25, 0.3) is 16.7 Å². The van der Waals surface area contributed by atoms with Crippen LogP contribution in [0.5, 0.6) is 5.75 Å². The first kappa shape index (κ1) is 21.9. The lowest BCUT2D eigenvalue weighted by Crippen LogP contribution is -2.07. The maximum Gasteiger partial charge on any atom is 0.189 e. The molecule has 6 nitrogen and oxygen atoms in total. The zero-order chi connectivity index (χ0) is 22.8. The molecule has 0 unspecified atom stereocenters. The van der Waals surface area contributed by atoms with Gasteiger partial charge in [-0.15, -0.1) is 0 Å². The summed E-state index contributed by atoms with van der Waals surface area (Å²) in [5.74, 6) is 0.913. The Morgan fingerprint density at radius 2 is 1.81 bits per heavy atom.